The number of nitrogens with zero attached hydrogens (tertiary/aromatic N) is 5. The van der Waals surface area contributed by atoms with Crippen LogP contribution in [0, 0.1) is 0 Å². The van der Waals surface area contributed by atoms with Crippen molar-refractivity contribution in [3.8, 4) is 0 Å². The third-order valence-corrected chi connectivity index (χ3v) is 8.41. The Morgan fingerprint density at radius 3 is 2.75 bits per heavy atom. The Labute approximate surface area is 191 Å². The van der Waals surface area contributed by atoms with Crippen LogP contribution in [-0.2, 0) is 10.0 Å². The van der Waals surface area contributed by atoms with Gasteiger partial charge in [-0.3, -0.25) is 4.98 Å². The Morgan fingerprint density at radius 2 is 1.94 bits per heavy atom. The molecule has 0 amide bonds. The van der Waals surface area contributed by atoms with Gasteiger partial charge in [-0.1, -0.05) is 24.2 Å². The third kappa shape index (κ3) is 4.84. The zero-order chi connectivity index (χ0) is 22.1. The molecule has 0 radical (unpaired) electrons. The van der Waals surface area contributed by atoms with Gasteiger partial charge in [-0.2, -0.15) is 0 Å². The zero-order valence-corrected chi connectivity index (χ0v) is 19.6. The maximum Gasteiger partial charge on any atom is 0.211 e. The summed E-state index contributed by atoms with van der Waals surface area (Å²) in [7, 11) is -3.18. The average molecular weight is 474 g/mol. The number of rotatable bonds is 6. The molecule has 1 unspecified atom stereocenters. The lowest BCUT2D eigenvalue weighted by atomic mass is 10.1. The van der Waals surface area contributed by atoms with Crippen molar-refractivity contribution in [3.05, 3.63) is 29.4 Å². The van der Waals surface area contributed by atoms with Crippen molar-refractivity contribution in [2.45, 2.75) is 50.5 Å². The predicted molar refractivity (Wildman–Crippen MR) is 127 cm³/mol. The van der Waals surface area contributed by atoms with E-state index in [0.29, 0.717) is 24.8 Å². The second-order valence-corrected chi connectivity index (χ2v) is 11.6. The summed E-state index contributed by atoms with van der Waals surface area (Å²) < 4.78 is 25.3. The molecule has 1 aliphatic carbocycles. The van der Waals surface area contributed by atoms with Crippen molar-refractivity contribution >= 4 is 49.0 Å². The molecule has 2 N–H and O–H groups in total. The molecule has 32 heavy (non-hydrogen) atoms. The molecule has 3 aromatic rings. The molecular weight excluding hydrogens is 446 g/mol. The average Bonchev–Trinajstić information content (AvgIpc) is 3.45. The lowest BCUT2D eigenvalue weighted by molar-refractivity contribution is 0.329. The van der Waals surface area contributed by atoms with Crippen LogP contribution in [0.25, 0.3) is 11.0 Å². The number of hydrogen-bond donors (Lipinski definition) is 2. The van der Waals surface area contributed by atoms with Crippen LogP contribution in [-0.4, -0.2) is 58.3 Å². The van der Waals surface area contributed by atoms with Crippen molar-refractivity contribution in [2.24, 2.45) is 0 Å². The quantitative estimate of drug-likeness (QED) is 0.557. The molecule has 1 saturated carbocycles. The van der Waals surface area contributed by atoms with Crippen LogP contribution in [0.3, 0.4) is 0 Å². The number of piperidine rings is 1. The van der Waals surface area contributed by atoms with E-state index in [1.54, 1.807) is 17.5 Å². The first-order valence-corrected chi connectivity index (χ1v) is 13.7. The van der Waals surface area contributed by atoms with Crippen molar-refractivity contribution in [2.75, 3.05) is 30.0 Å². The molecule has 3 aromatic heterocycles. The zero-order valence-electron chi connectivity index (χ0n) is 18.0. The molecular formula is C21H27N7O2S2. The second kappa shape index (κ2) is 8.87. The number of nitrogens with one attached hydrogen (secondary N) is 2. The van der Waals surface area contributed by atoms with Crippen LogP contribution in [0.5, 0.6) is 0 Å². The molecule has 170 valence electrons. The smallest absolute Gasteiger partial charge is 0.211 e. The van der Waals surface area contributed by atoms with Crippen LogP contribution in [0.4, 0.5) is 16.6 Å². The molecule has 0 bridgehead atoms. The maximum atomic E-state index is 11.9. The van der Waals surface area contributed by atoms with E-state index in [-0.39, 0.29) is 6.04 Å². The van der Waals surface area contributed by atoms with Crippen molar-refractivity contribution in [1.82, 2.24) is 24.5 Å². The SMILES string of the molecule is CS(=O)(=O)N1CCCC(Nc2cnc3ccc(Nc4nnc(C5CCCC5)s4)nc3c2)C1. The lowest BCUT2D eigenvalue weighted by Gasteiger charge is -2.31. The normalized spacial score (nSPS) is 20.6. The van der Waals surface area contributed by atoms with E-state index >= 15 is 0 Å². The van der Waals surface area contributed by atoms with Crippen LogP contribution in [0.15, 0.2) is 24.4 Å². The molecule has 4 heterocycles. The molecule has 1 saturated heterocycles. The summed E-state index contributed by atoms with van der Waals surface area (Å²) in [6.07, 6.45) is 9.74. The van der Waals surface area contributed by atoms with E-state index in [1.165, 1.54) is 36.2 Å². The highest BCUT2D eigenvalue weighted by molar-refractivity contribution is 7.88. The van der Waals surface area contributed by atoms with Gasteiger partial charge in [0.05, 0.1) is 29.2 Å². The highest BCUT2D eigenvalue weighted by atomic mass is 32.2. The number of sulfonamides is 1. The fourth-order valence-corrected chi connectivity index (χ4v) is 6.32. The van der Waals surface area contributed by atoms with E-state index in [2.05, 4.69) is 25.8 Å². The van der Waals surface area contributed by atoms with Gasteiger partial charge in [-0.15, -0.1) is 10.2 Å². The minimum Gasteiger partial charge on any atom is -0.380 e. The fraction of sp³-hybridized carbons (Fsp3) is 0.524. The van der Waals surface area contributed by atoms with Crippen molar-refractivity contribution in [3.63, 3.8) is 0 Å². The Morgan fingerprint density at radius 1 is 1.09 bits per heavy atom. The van der Waals surface area contributed by atoms with Crippen LogP contribution >= 0.6 is 11.3 Å². The third-order valence-electron chi connectivity index (χ3n) is 6.14. The highest BCUT2D eigenvalue weighted by Crippen LogP contribution is 2.37. The van der Waals surface area contributed by atoms with E-state index < -0.39 is 10.0 Å². The summed E-state index contributed by atoms with van der Waals surface area (Å²) >= 11 is 1.60. The standard InChI is InChI=1S/C21H27N7O2S2/c1-32(29,30)28-10-4-7-15(13-28)23-16-11-18-17(22-12-16)8-9-19(24-18)25-21-27-26-20(31-21)14-5-2-3-6-14/h8-9,11-12,14-15,23H,2-7,10,13H2,1H3,(H,24,25,27). The highest BCUT2D eigenvalue weighted by Gasteiger charge is 2.26. The lowest BCUT2D eigenvalue weighted by Crippen LogP contribution is -2.44. The summed E-state index contributed by atoms with van der Waals surface area (Å²) in [6.45, 7) is 1.05. The Kier molecular flexibility index (Phi) is 5.95. The number of fused-ring (bicyclic) bond motifs is 1. The second-order valence-electron chi connectivity index (χ2n) is 8.62. The Hall–Kier alpha value is -2.37. The molecule has 1 atom stereocenters. The summed E-state index contributed by atoms with van der Waals surface area (Å²) in [6, 6.07) is 5.83. The van der Waals surface area contributed by atoms with Gasteiger partial charge in [0, 0.05) is 25.0 Å². The van der Waals surface area contributed by atoms with Crippen LogP contribution < -0.4 is 10.6 Å². The Bertz CT molecular complexity index is 1210. The predicted octanol–water partition coefficient (Wildman–Crippen LogP) is 3.72. The van der Waals surface area contributed by atoms with Crippen LogP contribution in [0.1, 0.15) is 49.5 Å². The monoisotopic (exact) mass is 473 g/mol. The van der Waals surface area contributed by atoms with Gasteiger partial charge in [-0.05, 0) is 43.9 Å². The van der Waals surface area contributed by atoms with Gasteiger partial charge in [0.25, 0.3) is 0 Å². The van der Waals surface area contributed by atoms with Gasteiger partial charge < -0.3 is 10.6 Å². The van der Waals surface area contributed by atoms with Crippen LogP contribution in [0.2, 0.25) is 0 Å². The summed E-state index contributed by atoms with van der Waals surface area (Å²) in [5.74, 6) is 1.25. The van der Waals surface area contributed by atoms with E-state index in [4.69, 9.17) is 4.98 Å². The first kappa shape index (κ1) is 21.5. The molecule has 2 aliphatic rings. The molecule has 0 aromatic carbocycles. The summed E-state index contributed by atoms with van der Waals surface area (Å²) in [5, 5.41) is 17.2. The Balaban J connectivity index is 1.29. The van der Waals surface area contributed by atoms with Crippen molar-refractivity contribution < 1.29 is 8.42 Å². The van der Waals surface area contributed by atoms with Gasteiger partial charge in [0.15, 0.2) is 0 Å². The first-order valence-electron chi connectivity index (χ1n) is 11.0. The summed E-state index contributed by atoms with van der Waals surface area (Å²) in [5.41, 5.74) is 2.39. The number of hydrogen-bond acceptors (Lipinski definition) is 9. The molecule has 1 aliphatic heterocycles. The van der Waals surface area contributed by atoms with Gasteiger partial charge in [0.1, 0.15) is 10.8 Å². The van der Waals surface area contributed by atoms with Gasteiger partial charge >= 0.3 is 0 Å². The first-order chi connectivity index (χ1) is 15.4. The topological polar surface area (TPSA) is 113 Å². The van der Waals surface area contributed by atoms with E-state index in [1.807, 2.05) is 18.2 Å². The van der Waals surface area contributed by atoms with Gasteiger partial charge in [0.2, 0.25) is 15.2 Å². The molecule has 2 fully saturated rings. The van der Waals surface area contributed by atoms with Gasteiger partial charge in [-0.25, -0.2) is 17.7 Å². The minimum absolute atomic E-state index is 0.0504. The molecule has 11 heteroatoms. The maximum absolute atomic E-state index is 11.9. The van der Waals surface area contributed by atoms with E-state index in [0.717, 1.165) is 39.7 Å². The molecule has 9 nitrogen and oxygen atoms in total. The molecule has 5 rings (SSSR count). The number of anilines is 3. The number of pyridine rings is 2. The van der Waals surface area contributed by atoms with Crippen molar-refractivity contribution in [1.29, 1.82) is 0 Å². The fourth-order valence-electron chi connectivity index (χ4n) is 4.48. The number of aromatic nitrogens is 4. The molecule has 0 spiro atoms. The summed E-state index contributed by atoms with van der Waals surface area (Å²) in [4.78, 5) is 9.21. The van der Waals surface area contributed by atoms with E-state index in [9.17, 15) is 8.42 Å². The minimum atomic E-state index is -3.18. The largest absolute Gasteiger partial charge is 0.380 e.